The second-order valence-electron chi connectivity index (χ2n) is 9.22. The Morgan fingerprint density at radius 3 is 2.33 bits per heavy atom. The van der Waals surface area contributed by atoms with E-state index in [-0.39, 0.29) is 19.7 Å². The van der Waals surface area contributed by atoms with Crippen LogP contribution in [0, 0.1) is 11.6 Å². The number of anilines is 2. The number of rotatable bonds is 6. The number of carbonyl (C=O) groups is 4. The van der Waals surface area contributed by atoms with Crippen LogP contribution in [-0.4, -0.2) is 48.9 Å². The summed E-state index contributed by atoms with van der Waals surface area (Å²) in [7, 11) is 1.47. The van der Waals surface area contributed by atoms with Crippen molar-refractivity contribution in [3.05, 3.63) is 95.1 Å². The Morgan fingerprint density at radius 1 is 1.00 bits per heavy atom. The van der Waals surface area contributed by atoms with Gasteiger partial charge in [-0.3, -0.25) is 14.4 Å². The van der Waals surface area contributed by atoms with Gasteiger partial charge < -0.3 is 25.2 Å². The largest absolute Gasteiger partial charge is 0.341 e. The number of amides is 4. The molecule has 5 rings (SSSR count). The highest BCUT2D eigenvalue weighted by atomic mass is 19.1. The van der Waals surface area contributed by atoms with Crippen molar-refractivity contribution < 1.29 is 32.7 Å². The lowest BCUT2D eigenvalue weighted by atomic mass is 9.94. The Balaban J connectivity index is 1.38. The standard InChI is InChI=1S/C28H24F2N4O5/c1-31-27(38)32-21-8-11-23-18(12-21)13-24(35)28(23)26(37)33(16-39-28)15-25(36)34(22-9-6-20(30)7-10-22)14-17-2-4-19(29)5-3-17/h2-12H,13-16H2,1H3,(H2,31,32,38)/t28-/m1/s1. The summed E-state index contributed by atoms with van der Waals surface area (Å²) in [6.07, 6.45) is -0.0710. The molecule has 1 fully saturated rings. The number of urea groups is 1. The molecule has 2 N–H and O–H groups in total. The topological polar surface area (TPSA) is 108 Å². The van der Waals surface area contributed by atoms with E-state index in [1.807, 2.05) is 0 Å². The maximum atomic E-state index is 13.6. The first kappa shape index (κ1) is 26.0. The molecule has 3 aromatic rings. The summed E-state index contributed by atoms with van der Waals surface area (Å²) in [5, 5.41) is 5.06. The predicted octanol–water partition coefficient (Wildman–Crippen LogP) is 3.09. The molecule has 1 aliphatic carbocycles. The van der Waals surface area contributed by atoms with E-state index in [1.165, 1.54) is 60.5 Å². The molecule has 11 heteroatoms. The molecule has 1 atom stereocenters. The Bertz CT molecular complexity index is 1460. The molecule has 4 amide bonds. The van der Waals surface area contributed by atoms with E-state index in [4.69, 9.17) is 4.74 Å². The number of nitrogens with zero attached hydrogens (tertiary/aromatic N) is 2. The normalized spacial score (nSPS) is 17.9. The Morgan fingerprint density at radius 2 is 1.67 bits per heavy atom. The van der Waals surface area contributed by atoms with Crippen LogP contribution in [0.4, 0.5) is 25.0 Å². The number of ketones is 1. The Kier molecular flexibility index (Phi) is 6.83. The lowest BCUT2D eigenvalue weighted by Crippen LogP contribution is -2.46. The molecule has 0 saturated carbocycles. The van der Waals surface area contributed by atoms with Crippen molar-refractivity contribution in [2.45, 2.75) is 18.6 Å². The van der Waals surface area contributed by atoms with Crippen LogP contribution in [-0.2, 0) is 37.7 Å². The monoisotopic (exact) mass is 534 g/mol. The van der Waals surface area contributed by atoms with E-state index in [0.717, 1.165) is 4.90 Å². The minimum atomic E-state index is -1.86. The van der Waals surface area contributed by atoms with Crippen LogP contribution in [0.15, 0.2) is 66.7 Å². The van der Waals surface area contributed by atoms with Gasteiger partial charge in [0.2, 0.25) is 11.5 Å². The first-order valence-electron chi connectivity index (χ1n) is 12.1. The number of ether oxygens (including phenoxy) is 1. The van der Waals surface area contributed by atoms with E-state index in [1.54, 1.807) is 18.2 Å². The fraction of sp³-hybridized carbons (Fsp3) is 0.214. The number of hydrogen-bond acceptors (Lipinski definition) is 5. The van der Waals surface area contributed by atoms with Crippen LogP contribution in [0.25, 0.3) is 0 Å². The van der Waals surface area contributed by atoms with Gasteiger partial charge in [0, 0.05) is 30.4 Å². The molecule has 9 nitrogen and oxygen atoms in total. The molecule has 0 bridgehead atoms. The van der Waals surface area contributed by atoms with Crippen LogP contribution in [0.2, 0.25) is 0 Å². The third-order valence-corrected chi connectivity index (χ3v) is 6.76. The molecule has 1 heterocycles. The quantitative estimate of drug-likeness (QED) is 0.473. The molecule has 39 heavy (non-hydrogen) atoms. The Labute approximate surface area is 222 Å². The molecule has 0 radical (unpaired) electrons. The number of benzene rings is 3. The zero-order valence-electron chi connectivity index (χ0n) is 20.9. The number of fused-ring (bicyclic) bond motifs is 2. The Hall–Kier alpha value is -4.64. The van der Waals surface area contributed by atoms with Crippen molar-refractivity contribution >= 4 is 35.0 Å². The minimum absolute atomic E-state index is 0.0433. The van der Waals surface area contributed by atoms with Gasteiger partial charge in [-0.1, -0.05) is 18.2 Å². The number of carbonyl (C=O) groups excluding carboxylic acids is 4. The predicted molar refractivity (Wildman–Crippen MR) is 137 cm³/mol. The van der Waals surface area contributed by atoms with Crippen LogP contribution in [0.3, 0.4) is 0 Å². The molecule has 0 unspecified atom stereocenters. The fourth-order valence-corrected chi connectivity index (χ4v) is 4.80. The zero-order chi connectivity index (χ0) is 27.7. The molecular formula is C28H24F2N4O5. The van der Waals surface area contributed by atoms with Crippen molar-refractivity contribution in [3.63, 3.8) is 0 Å². The first-order valence-corrected chi connectivity index (χ1v) is 12.1. The van der Waals surface area contributed by atoms with Crippen molar-refractivity contribution in [3.8, 4) is 0 Å². The van der Waals surface area contributed by atoms with Gasteiger partial charge in [0.1, 0.15) is 24.9 Å². The number of Topliss-reactive ketones (excluding diaryl/α,β-unsaturated/α-hetero) is 1. The van der Waals surface area contributed by atoms with E-state index < -0.39 is 47.4 Å². The fourth-order valence-electron chi connectivity index (χ4n) is 4.80. The van der Waals surface area contributed by atoms with Gasteiger partial charge in [0.25, 0.3) is 5.91 Å². The van der Waals surface area contributed by atoms with Gasteiger partial charge in [0.05, 0.1) is 6.54 Å². The van der Waals surface area contributed by atoms with Crippen LogP contribution in [0.5, 0.6) is 0 Å². The van der Waals surface area contributed by atoms with Gasteiger partial charge >= 0.3 is 6.03 Å². The van der Waals surface area contributed by atoms with Crippen molar-refractivity contribution in [1.82, 2.24) is 10.2 Å². The molecule has 0 aromatic heterocycles. The number of hydrogen-bond donors (Lipinski definition) is 2. The van der Waals surface area contributed by atoms with Crippen LogP contribution < -0.4 is 15.5 Å². The highest BCUT2D eigenvalue weighted by molar-refractivity contribution is 6.15. The van der Waals surface area contributed by atoms with Gasteiger partial charge in [-0.05, 0) is 59.7 Å². The summed E-state index contributed by atoms with van der Waals surface area (Å²) in [6.45, 7) is -0.651. The highest BCUT2D eigenvalue weighted by Gasteiger charge is 2.59. The second-order valence-corrected chi connectivity index (χ2v) is 9.22. The van der Waals surface area contributed by atoms with Crippen molar-refractivity contribution in [1.29, 1.82) is 0 Å². The lowest BCUT2D eigenvalue weighted by Gasteiger charge is -2.26. The van der Waals surface area contributed by atoms with Crippen LogP contribution >= 0.6 is 0 Å². The average molecular weight is 535 g/mol. The molecule has 1 spiro atoms. The third-order valence-electron chi connectivity index (χ3n) is 6.76. The average Bonchev–Trinajstić information content (AvgIpc) is 3.40. The van der Waals surface area contributed by atoms with Gasteiger partial charge in [-0.2, -0.15) is 0 Å². The van der Waals surface area contributed by atoms with E-state index >= 15 is 0 Å². The van der Waals surface area contributed by atoms with Crippen molar-refractivity contribution in [2.75, 3.05) is 30.5 Å². The van der Waals surface area contributed by atoms with E-state index in [2.05, 4.69) is 10.6 Å². The summed E-state index contributed by atoms with van der Waals surface area (Å²) >= 11 is 0. The third kappa shape index (κ3) is 4.84. The maximum Gasteiger partial charge on any atom is 0.318 e. The van der Waals surface area contributed by atoms with Gasteiger partial charge in [0.15, 0.2) is 5.78 Å². The molecule has 1 aliphatic heterocycles. The maximum absolute atomic E-state index is 13.6. The number of nitrogens with one attached hydrogen (secondary N) is 2. The molecule has 1 saturated heterocycles. The van der Waals surface area contributed by atoms with E-state index in [9.17, 15) is 28.0 Å². The molecule has 200 valence electrons. The number of halogens is 2. The SMILES string of the molecule is CNC(=O)Nc1ccc2c(c1)CC(=O)[C@]21OCN(CC(=O)N(Cc2ccc(F)cc2)c2ccc(F)cc2)C1=O. The summed E-state index contributed by atoms with van der Waals surface area (Å²) in [5.74, 6) is -2.54. The van der Waals surface area contributed by atoms with Gasteiger partial charge in [-0.15, -0.1) is 0 Å². The summed E-state index contributed by atoms with van der Waals surface area (Å²) < 4.78 is 32.8. The van der Waals surface area contributed by atoms with Crippen molar-refractivity contribution in [2.24, 2.45) is 0 Å². The van der Waals surface area contributed by atoms with Gasteiger partial charge in [-0.25, -0.2) is 13.6 Å². The summed E-state index contributed by atoms with van der Waals surface area (Å²) in [6, 6.07) is 15.2. The zero-order valence-corrected chi connectivity index (χ0v) is 20.9. The summed E-state index contributed by atoms with van der Waals surface area (Å²) in [5.41, 5.74) is 0.503. The highest BCUT2D eigenvalue weighted by Crippen LogP contribution is 2.43. The first-order chi connectivity index (χ1) is 18.7. The molecule has 3 aromatic carbocycles. The molecular weight excluding hydrogens is 510 g/mol. The van der Waals surface area contributed by atoms with E-state index in [0.29, 0.717) is 28.1 Å². The van der Waals surface area contributed by atoms with Crippen LogP contribution in [0.1, 0.15) is 16.7 Å². The summed E-state index contributed by atoms with van der Waals surface area (Å²) in [4.78, 5) is 54.3. The smallest absolute Gasteiger partial charge is 0.318 e. The lowest BCUT2D eigenvalue weighted by molar-refractivity contribution is -0.149. The molecule has 2 aliphatic rings. The second kappa shape index (κ2) is 10.3. The minimum Gasteiger partial charge on any atom is -0.341 e.